The van der Waals surface area contributed by atoms with Crippen molar-refractivity contribution in [3.8, 4) is 0 Å². The van der Waals surface area contributed by atoms with E-state index in [0.29, 0.717) is 25.8 Å². The fourth-order valence-corrected chi connectivity index (χ4v) is 3.55. The summed E-state index contributed by atoms with van der Waals surface area (Å²) in [7, 11) is 0. The molecule has 3 atom stereocenters. The first-order valence-corrected chi connectivity index (χ1v) is 12.7. The van der Waals surface area contributed by atoms with Gasteiger partial charge in [-0.05, 0) is 36.3 Å². The number of carboxylic acid groups (broad SMARTS) is 1. The van der Waals surface area contributed by atoms with Crippen molar-refractivity contribution in [3.63, 3.8) is 0 Å². The Labute approximate surface area is 223 Å². The number of rotatable bonds is 15. The van der Waals surface area contributed by atoms with Crippen LogP contribution in [0.25, 0.3) is 0 Å². The molecule has 38 heavy (non-hydrogen) atoms. The molecule has 206 valence electrons. The van der Waals surface area contributed by atoms with Gasteiger partial charge in [-0.3, -0.25) is 4.79 Å². The van der Waals surface area contributed by atoms with E-state index in [1.165, 1.54) is 0 Å². The first kappa shape index (κ1) is 30.1. The molecule has 0 bridgehead atoms. The monoisotopic (exact) mass is 527 g/mol. The molecule has 2 aromatic carbocycles. The Kier molecular flexibility index (Phi) is 13.2. The number of carbonyl (C=O) groups is 4. The Morgan fingerprint density at radius 3 is 1.89 bits per heavy atom. The highest BCUT2D eigenvalue weighted by atomic mass is 16.6. The van der Waals surface area contributed by atoms with Crippen LogP contribution in [0, 0.1) is 5.92 Å². The zero-order valence-corrected chi connectivity index (χ0v) is 21.9. The minimum Gasteiger partial charge on any atom is -0.480 e. The molecule has 0 radical (unpaired) electrons. The minimum atomic E-state index is -1.14. The van der Waals surface area contributed by atoms with Crippen molar-refractivity contribution >= 4 is 24.1 Å². The van der Waals surface area contributed by atoms with E-state index in [1.807, 2.05) is 55.5 Å². The van der Waals surface area contributed by atoms with E-state index in [0.717, 1.165) is 11.1 Å². The fourth-order valence-electron chi connectivity index (χ4n) is 3.55. The number of ether oxygens (including phenoxy) is 2. The predicted molar refractivity (Wildman–Crippen MR) is 141 cm³/mol. The van der Waals surface area contributed by atoms with E-state index in [2.05, 4.69) is 16.0 Å². The van der Waals surface area contributed by atoms with Crippen LogP contribution < -0.4 is 16.0 Å². The highest BCUT2D eigenvalue weighted by Crippen LogP contribution is 2.10. The lowest BCUT2D eigenvalue weighted by atomic mass is 9.98. The molecule has 0 aliphatic heterocycles. The van der Waals surface area contributed by atoms with Gasteiger partial charge in [-0.2, -0.15) is 0 Å². The zero-order valence-electron chi connectivity index (χ0n) is 21.9. The van der Waals surface area contributed by atoms with Crippen LogP contribution in [0.15, 0.2) is 60.7 Å². The number of hydrogen-bond acceptors (Lipinski definition) is 6. The van der Waals surface area contributed by atoms with Crippen molar-refractivity contribution in [1.82, 2.24) is 16.0 Å². The number of aliphatic carboxylic acids is 1. The van der Waals surface area contributed by atoms with Gasteiger partial charge < -0.3 is 30.5 Å². The summed E-state index contributed by atoms with van der Waals surface area (Å²) >= 11 is 0. The number of alkyl carbamates (subject to hydrolysis) is 2. The van der Waals surface area contributed by atoms with Gasteiger partial charge in [0.15, 0.2) is 0 Å². The second-order valence-electron chi connectivity index (χ2n) is 8.95. The molecule has 0 aliphatic carbocycles. The van der Waals surface area contributed by atoms with Crippen LogP contribution in [0.5, 0.6) is 0 Å². The smallest absolute Gasteiger partial charge is 0.408 e. The molecule has 0 saturated carbocycles. The third-order valence-corrected chi connectivity index (χ3v) is 6.00. The number of hydrogen-bond donors (Lipinski definition) is 4. The average molecular weight is 528 g/mol. The van der Waals surface area contributed by atoms with Crippen molar-refractivity contribution in [2.45, 2.75) is 64.8 Å². The van der Waals surface area contributed by atoms with Gasteiger partial charge in [-0.1, -0.05) is 80.9 Å². The summed E-state index contributed by atoms with van der Waals surface area (Å²) in [5.74, 6) is -2.05. The molecule has 0 saturated heterocycles. The molecule has 0 aliphatic rings. The van der Waals surface area contributed by atoms with Gasteiger partial charge in [0.1, 0.15) is 25.3 Å². The van der Waals surface area contributed by atoms with Crippen molar-refractivity contribution in [2.24, 2.45) is 5.92 Å². The highest BCUT2D eigenvalue weighted by Gasteiger charge is 2.29. The molecule has 10 nitrogen and oxygen atoms in total. The van der Waals surface area contributed by atoms with Crippen LogP contribution in [-0.4, -0.2) is 47.8 Å². The second kappa shape index (κ2) is 16.6. The van der Waals surface area contributed by atoms with Gasteiger partial charge in [0, 0.05) is 6.54 Å². The summed E-state index contributed by atoms with van der Waals surface area (Å²) in [6, 6.07) is 16.3. The zero-order chi connectivity index (χ0) is 27.8. The van der Waals surface area contributed by atoms with Crippen LogP contribution in [-0.2, 0) is 32.3 Å². The number of carbonyl (C=O) groups excluding carboxylic acids is 3. The van der Waals surface area contributed by atoms with Gasteiger partial charge in [0.05, 0.1) is 0 Å². The average Bonchev–Trinajstić information content (AvgIpc) is 2.93. The van der Waals surface area contributed by atoms with Gasteiger partial charge in [0.25, 0.3) is 0 Å². The molecule has 0 aromatic heterocycles. The largest absolute Gasteiger partial charge is 0.480 e. The van der Waals surface area contributed by atoms with Gasteiger partial charge in [0.2, 0.25) is 5.91 Å². The minimum absolute atomic E-state index is 0.0284. The third kappa shape index (κ3) is 11.3. The summed E-state index contributed by atoms with van der Waals surface area (Å²) in [4.78, 5) is 48.9. The third-order valence-electron chi connectivity index (χ3n) is 6.00. The Morgan fingerprint density at radius 2 is 1.37 bits per heavy atom. The first-order valence-electron chi connectivity index (χ1n) is 12.7. The van der Waals surface area contributed by atoms with Crippen LogP contribution in [0.4, 0.5) is 9.59 Å². The Bertz CT molecular complexity index is 1020. The van der Waals surface area contributed by atoms with E-state index >= 15 is 0 Å². The lowest BCUT2D eigenvalue weighted by Crippen LogP contribution is -2.53. The lowest BCUT2D eigenvalue weighted by Gasteiger charge is -2.24. The van der Waals surface area contributed by atoms with Gasteiger partial charge in [-0.15, -0.1) is 0 Å². The van der Waals surface area contributed by atoms with Crippen LogP contribution in [0.2, 0.25) is 0 Å². The van der Waals surface area contributed by atoms with Crippen LogP contribution >= 0.6 is 0 Å². The number of carboxylic acids is 1. The van der Waals surface area contributed by atoms with E-state index in [9.17, 15) is 24.3 Å². The molecule has 2 aromatic rings. The maximum Gasteiger partial charge on any atom is 0.408 e. The number of benzene rings is 2. The van der Waals surface area contributed by atoms with E-state index in [-0.39, 0.29) is 25.6 Å². The molecule has 0 fully saturated rings. The summed E-state index contributed by atoms with van der Waals surface area (Å²) in [5, 5.41) is 17.3. The predicted octanol–water partition coefficient (Wildman–Crippen LogP) is 3.99. The topological polar surface area (TPSA) is 143 Å². The Balaban J connectivity index is 1.85. The van der Waals surface area contributed by atoms with Crippen molar-refractivity contribution in [2.75, 3.05) is 6.54 Å². The van der Waals surface area contributed by atoms with Gasteiger partial charge in [-0.25, -0.2) is 14.4 Å². The normalized spacial score (nSPS) is 12.9. The molecule has 4 N–H and O–H groups in total. The summed E-state index contributed by atoms with van der Waals surface area (Å²) in [5.41, 5.74) is 1.66. The molecule has 10 heteroatoms. The maximum absolute atomic E-state index is 12.9. The Hall–Kier alpha value is -4.08. The van der Waals surface area contributed by atoms with Crippen LogP contribution in [0.3, 0.4) is 0 Å². The molecule has 2 rings (SSSR count). The standard InChI is InChI=1S/C28H37N3O7/c1-3-20(2)24(26(33)34)31-25(32)23(30-28(36)38-19-22-14-8-5-9-15-22)16-10-11-17-29-27(35)37-18-21-12-6-4-7-13-21/h4-9,12-15,20,23-24H,3,10-11,16-19H2,1-2H3,(H,29,35)(H,30,36)(H,31,32)(H,33,34)/t20-,23-,24-/m0/s1. The lowest BCUT2D eigenvalue weighted by molar-refractivity contribution is -0.143. The molecular formula is C28H37N3O7. The maximum atomic E-state index is 12.9. The molecule has 3 amide bonds. The van der Waals surface area contributed by atoms with Crippen LogP contribution in [0.1, 0.15) is 50.7 Å². The van der Waals surface area contributed by atoms with E-state index in [1.54, 1.807) is 19.1 Å². The second-order valence-corrected chi connectivity index (χ2v) is 8.95. The number of amides is 3. The summed E-state index contributed by atoms with van der Waals surface area (Å²) in [6.45, 7) is 4.07. The van der Waals surface area contributed by atoms with Gasteiger partial charge >= 0.3 is 18.2 Å². The summed E-state index contributed by atoms with van der Waals surface area (Å²) in [6.07, 6.45) is 0.423. The molecule has 0 unspecified atom stereocenters. The molecular weight excluding hydrogens is 490 g/mol. The molecule has 0 spiro atoms. The van der Waals surface area contributed by atoms with Crippen molar-refractivity contribution in [1.29, 1.82) is 0 Å². The van der Waals surface area contributed by atoms with Crippen molar-refractivity contribution < 1.29 is 33.8 Å². The summed E-state index contributed by atoms with van der Waals surface area (Å²) < 4.78 is 10.4. The Morgan fingerprint density at radius 1 is 0.816 bits per heavy atom. The van der Waals surface area contributed by atoms with E-state index < -0.39 is 36.1 Å². The SMILES string of the molecule is CC[C@H](C)[C@H](NC(=O)[C@H](CCCCNC(=O)OCc1ccccc1)NC(=O)OCc1ccccc1)C(=O)O. The first-order chi connectivity index (χ1) is 18.3. The molecule has 0 heterocycles. The number of unbranched alkanes of at least 4 members (excludes halogenated alkanes) is 1. The van der Waals surface area contributed by atoms with Crippen molar-refractivity contribution in [3.05, 3.63) is 71.8 Å². The van der Waals surface area contributed by atoms with E-state index in [4.69, 9.17) is 9.47 Å². The fraction of sp³-hybridized carbons (Fsp3) is 0.429. The quantitative estimate of drug-likeness (QED) is 0.256. The highest BCUT2D eigenvalue weighted by molar-refractivity contribution is 5.89. The number of nitrogens with one attached hydrogen (secondary N) is 3.